The highest BCUT2D eigenvalue weighted by Crippen LogP contribution is 2.36. The summed E-state index contributed by atoms with van der Waals surface area (Å²) in [4.78, 5) is 28.6. The number of carbonyl (C=O) groups excluding carboxylic acids is 1. The molecule has 1 atom stereocenters. The highest BCUT2D eigenvalue weighted by atomic mass is 16.5. The largest absolute Gasteiger partial charge is 0.496 e. The molecule has 0 aliphatic rings. The number of pyridine rings is 1. The molecule has 3 aromatic rings. The van der Waals surface area contributed by atoms with E-state index in [-0.39, 0.29) is 12.5 Å². The zero-order valence-electron chi connectivity index (χ0n) is 19.5. The summed E-state index contributed by atoms with van der Waals surface area (Å²) in [5.74, 6) is 0.0578. The molecule has 0 aliphatic heterocycles. The van der Waals surface area contributed by atoms with Gasteiger partial charge in [0.1, 0.15) is 5.75 Å². The van der Waals surface area contributed by atoms with Gasteiger partial charge in [-0.25, -0.2) is 9.78 Å². The van der Waals surface area contributed by atoms with Crippen LogP contribution in [-0.2, 0) is 17.8 Å². The lowest BCUT2D eigenvalue weighted by atomic mass is 9.95. The standard InChI is InChI=1S/C26H29N3O5/c1-4-21(28-26(32)27-16-17-8-6-5-7-9-17)25-19(11-13-23(29-25)34-3)20-14-18(15-24(30)31)10-12-22(20)33-2/h5-14,21H,4,15-16H2,1-3H3,(H,30,31)(H2,27,28,32). The molecular formula is C26H29N3O5. The smallest absolute Gasteiger partial charge is 0.315 e. The number of rotatable bonds is 10. The molecule has 2 aromatic carbocycles. The molecule has 0 saturated carbocycles. The maximum atomic E-state index is 12.7. The first-order chi connectivity index (χ1) is 16.4. The number of ether oxygens (including phenoxy) is 2. The molecule has 0 bridgehead atoms. The van der Waals surface area contributed by atoms with Crippen LogP contribution in [0.1, 0.15) is 36.2 Å². The molecule has 2 amide bonds. The summed E-state index contributed by atoms with van der Waals surface area (Å²) in [6.45, 7) is 2.34. The summed E-state index contributed by atoms with van der Waals surface area (Å²) in [6.07, 6.45) is 0.455. The minimum absolute atomic E-state index is 0.118. The molecule has 8 nitrogen and oxygen atoms in total. The fourth-order valence-corrected chi connectivity index (χ4v) is 3.66. The van der Waals surface area contributed by atoms with E-state index in [9.17, 15) is 14.7 Å². The molecule has 8 heteroatoms. The van der Waals surface area contributed by atoms with Gasteiger partial charge >= 0.3 is 12.0 Å². The van der Waals surface area contributed by atoms with Gasteiger partial charge in [0.25, 0.3) is 0 Å². The second-order valence-corrected chi connectivity index (χ2v) is 7.67. The van der Waals surface area contributed by atoms with E-state index in [1.54, 1.807) is 31.4 Å². The van der Waals surface area contributed by atoms with Gasteiger partial charge in [0.05, 0.1) is 32.4 Å². The Bertz CT molecular complexity index is 1130. The third kappa shape index (κ3) is 6.25. The maximum Gasteiger partial charge on any atom is 0.315 e. The average Bonchev–Trinajstić information content (AvgIpc) is 2.86. The zero-order valence-corrected chi connectivity index (χ0v) is 19.5. The number of carboxylic acids is 1. The van der Waals surface area contributed by atoms with E-state index in [2.05, 4.69) is 15.6 Å². The summed E-state index contributed by atoms with van der Waals surface area (Å²) in [5, 5.41) is 15.1. The molecule has 1 aromatic heterocycles. The number of nitrogens with one attached hydrogen (secondary N) is 2. The minimum Gasteiger partial charge on any atom is -0.496 e. The number of carboxylic acid groups (broad SMARTS) is 1. The van der Waals surface area contributed by atoms with E-state index in [4.69, 9.17) is 9.47 Å². The molecule has 1 unspecified atom stereocenters. The number of aromatic nitrogens is 1. The number of nitrogens with zero attached hydrogens (tertiary/aromatic N) is 1. The van der Waals surface area contributed by atoms with Crippen molar-refractivity contribution in [3.8, 4) is 22.8 Å². The van der Waals surface area contributed by atoms with Crippen LogP contribution in [0.3, 0.4) is 0 Å². The normalized spacial score (nSPS) is 11.4. The van der Waals surface area contributed by atoms with E-state index in [0.717, 1.165) is 11.1 Å². The van der Waals surface area contributed by atoms with Crippen LogP contribution in [0.2, 0.25) is 0 Å². The van der Waals surface area contributed by atoms with Crippen molar-refractivity contribution in [2.45, 2.75) is 32.4 Å². The first-order valence-corrected chi connectivity index (χ1v) is 11.0. The lowest BCUT2D eigenvalue weighted by Crippen LogP contribution is -2.38. The quantitative estimate of drug-likeness (QED) is 0.413. The van der Waals surface area contributed by atoms with Crippen molar-refractivity contribution in [1.29, 1.82) is 0 Å². The Balaban J connectivity index is 1.94. The van der Waals surface area contributed by atoms with Crippen LogP contribution in [0.4, 0.5) is 4.79 Å². The van der Waals surface area contributed by atoms with E-state index in [1.165, 1.54) is 7.11 Å². The Labute approximate surface area is 198 Å². The van der Waals surface area contributed by atoms with Gasteiger partial charge in [-0.2, -0.15) is 0 Å². The van der Waals surface area contributed by atoms with Crippen molar-refractivity contribution in [2.24, 2.45) is 0 Å². The van der Waals surface area contributed by atoms with Crippen molar-refractivity contribution in [2.75, 3.05) is 14.2 Å². The topological polar surface area (TPSA) is 110 Å². The highest BCUT2D eigenvalue weighted by Gasteiger charge is 2.22. The number of urea groups is 1. The third-order valence-corrected chi connectivity index (χ3v) is 5.36. The fraction of sp³-hybridized carbons (Fsp3) is 0.269. The monoisotopic (exact) mass is 463 g/mol. The van der Waals surface area contributed by atoms with Crippen LogP contribution in [0.25, 0.3) is 11.1 Å². The van der Waals surface area contributed by atoms with Crippen molar-refractivity contribution in [1.82, 2.24) is 15.6 Å². The van der Waals surface area contributed by atoms with Crippen LogP contribution in [-0.4, -0.2) is 36.3 Å². The van der Waals surface area contributed by atoms with Gasteiger partial charge in [-0.3, -0.25) is 4.79 Å². The number of carbonyl (C=O) groups is 2. The van der Waals surface area contributed by atoms with E-state index >= 15 is 0 Å². The van der Waals surface area contributed by atoms with E-state index < -0.39 is 12.0 Å². The molecule has 0 spiro atoms. The molecule has 34 heavy (non-hydrogen) atoms. The van der Waals surface area contributed by atoms with Gasteiger partial charge in [0.2, 0.25) is 5.88 Å². The Hall–Kier alpha value is -4.07. The molecule has 1 heterocycles. The summed E-state index contributed by atoms with van der Waals surface area (Å²) >= 11 is 0. The predicted octanol–water partition coefficient (Wildman–Crippen LogP) is 4.34. The molecule has 178 valence electrons. The van der Waals surface area contributed by atoms with Crippen molar-refractivity contribution in [3.05, 3.63) is 77.5 Å². The second-order valence-electron chi connectivity index (χ2n) is 7.67. The number of hydrogen-bond donors (Lipinski definition) is 3. The van der Waals surface area contributed by atoms with E-state index in [0.29, 0.717) is 41.4 Å². The van der Waals surface area contributed by atoms with Crippen LogP contribution >= 0.6 is 0 Å². The maximum absolute atomic E-state index is 12.7. The first-order valence-electron chi connectivity index (χ1n) is 11.0. The lowest BCUT2D eigenvalue weighted by Gasteiger charge is -2.22. The molecular weight excluding hydrogens is 434 g/mol. The Morgan fingerprint density at radius 1 is 0.971 bits per heavy atom. The van der Waals surface area contributed by atoms with Crippen molar-refractivity contribution in [3.63, 3.8) is 0 Å². The fourth-order valence-electron chi connectivity index (χ4n) is 3.66. The highest BCUT2D eigenvalue weighted by molar-refractivity contribution is 5.78. The van der Waals surface area contributed by atoms with Gasteiger partial charge in [-0.15, -0.1) is 0 Å². The summed E-state index contributed by atoms with van der Waals surface area (Å²) in [7, 11) is 3.08. The van der Waals surface area contributed by atoms with Gasteiger partial charge in [-0.1, -0.05) is 43.3 Å². The second kappa shape index (κ2) is 11.7. The Morgan fingerprint density at radius 3 is 2.38 bits per heavy atom. The number of aliphatic carboxylic acids is 1. The van der Waals surface area contributed by atoms with E-state index in [1.807, 2.05) is 43.3 Å². The minimum atomic E-state index is -0.924. The number of benzene rings is 2. The summed E-state index contributed by atoms with van der Waals surface area (Å²) in [5.41, 5.74) is 3.64. The van der Waals surface area contributed by atoms with Gasteiger partial charge in [0, 0.05) is 23.7 Å². The first kappa shape index (κ1) is 24.6. The van der Waals surface area contributed by atoms with Crippen LogP contribution in [0.15, 0.2) is 60.7 Å². The molecule has 0 radical (unpaired) electrons. The molecule has 3 N–H and O–H groups in total. The Morgan fingerprint density at radius 2 is 1.74 bits per heavy atom. The van der Waals surface area contributed by atoms with Crippen molar-refractivity contribution < 1.29 is 24.2 Å². The SMILES string of the molecule is CCC(NC(=O)NCc1ccccc1)c1nc(OC)ccc1-c1cc(CC(=O)O)ccc1OC. The van der Waals surface area contributed by atoms with Crippen LogP contribution in [0, 0.1) is 0 Å². The van der Waals surface area contributed by atoms with Gasteiger partial charge in [-0.05, 0) is 35.7 Å². The number of amides is 2. The molecule has 0 fully saturated rings. The summed E-state index contributed by atoms with van der Waals surface area (Å²) in [6, 6.07) is 17.7. The summed E-state index contributed by atoms with van der Waals surface area (Å²) < 4.78 is 10.9. The number of hydrogen-bond acceptors (Lipinski definition) is 5. The zero-order chi connectivity index (χ0) is 24.5. The third-order valence-electron chi connectivity index (χ3n) is 5.36. The molecule has 0 aliphatic carbocycles. The van der Waals surface area contributed by atoms with Crippen LogP contribution < -0.4 is 20.1 Å². The Kier molecular flexibility index (Phi) is 8.45. The number of methoxy groups -OCH3 is 2. The molecule has 0 saturated heterocycles. The van der Waals surface area contributed by atoms with Crippen LogP contribution in [0.5, 0.6) is 11.6 Å². The lowest BCUT2D eigenvalue weighted by molar-refractivity contribution is -0.136. The van der Waals surface area contributed by atoms with Gasteiger partial charge < -0.3 is 25.2 Å². The predicted molar refractivity (Wildman–Crippen MR) is 129 cm³/mol. The van der Waals surface area contributed by atoms with Crippen molar-refractivity contribution >= 4 is 12.0 Å². The molecule has 3 rings (SSSR count). The average molecular weight is 464 g/mol. The van der Waals surface area contributed by atoms with Gasteiger partial charge in [0.15, 0.2) is 0 Å².